The van der Waals surface area contributed by atoms with Gasteiger partial charge in [-0.2, -0.15) is 0 Å². The summed E-state index contributed by atoms with van der Waals surface area (Å²) in [5, 5.41) is 0. The fraction of sp³-hybridized carbons (Fsp3) is 0.200. The molecule has 0 amide bonds. The lowest BCUT2D eigenvalue weighted by molar-refractivity contribution is 1.22. The summed E-state index contributed by atoms with van der Waals surface area (Å²) < 4.78 is 0.619. The van der Waals surface area contributed by atoms with Crippen molar-refractivity contribution >= 4 is 26.9 Å². The monoisotopic (exact) mass is 172 g/mol. The third-order valence-corrected chi connectivity index (χ3v) is 1.16. The third-order valence-electron chi connectivity index (χ3n) is 0.775. The van der Waals surface area contributed by atoms with Gasteiger partial charge in [-0.25, -0.2) is 9.98 Å². The van der Waals surface area contributed by atoms with E-state index in [-0.39, 0.29) is 0 Å². The molecule has 0 aliphatic carbocycles. The van der Waals surface area contributed by atoms with Gasteiger partial charge < -0.3 is 0 Å². The van der Waals surface area contributed by atoms with Gasteiger partial charge in [0.25, 0.3) is 0 Å². The average Bonchev–Trinajstić information content (AvgIpc) is 1.64. The summed E-state index contributed by atoms with van der Waals surface area (Å²) in [6.45, 7) is 3.66. The molecule has 0 aromatic heterocycles. The molecule has 0 spiro atoms. The first-order valence-corrected chi connectivity index (χ1v) is 3.03. The molecule has 3 heteroatoms. The molecular formula is C5H5BrN2. The first kappa shape index (κ1) is 5.69. The Labute approximate surface area is 56.2 Å². The third kappa shape index (κ3) is 1.26. The Hall–Kier alpha value is -0.440. The van der Waals surface area contributed by atoms with E-state index >= 15 is 0 Å². The van der Waals surface area contributed by atoms with Crippen molar-refractivity contribution in [2.45, 2.75) is 6.42 Å². The number of allylic oxidation sites excluding steroid dienone is 1. The van der Waals surface area contributed by atoms with Gasteiger partial charge in [0.1, 0.15) is 0 Å². The highest BCUT2D eigenvalue weighted by Crippen LogP contribution is 2.06. The van der Waals surface area contributed by atoms with Gasteiger partial charge in [-0.05, 0) is 15.9 Å². The SMILES string of the molecule is C=C1CC=NC(Br)=N1. The van der Waals surface area contributed by atoms with Gasteiger partial charge in [-0.15, -0.1) is 0 Å². The lowest BCUT2D eigenvalue weighted by Gasteiger charge is -1.98. The minimum atomic E-state index is 0.619. The van der Waals surface area contributed by atoms with Crippen LogP contribution < -0.4 is 0 Å². The number of rotatable bonds is 0. The zero-order valence-electron chi connectivity index (χ0n) is 4.26. The van der Waals surface area contributed by atoms with Gasteiger partial charge in [0.15, 0.2) is 4.74 Å². The standard InChI is InChI=1S/C5H5BrN2/c1-4-2-3-7-5(6)8-4/h3H,1-2H2. The fourth-order valence-electron chi connectivity index (χ4n) is 0.431. The highest BCUT2D eigenvalue weighted by molar-refractivity contribution is 9.18. The van der Waals surface area contributed by atoms with Crippen molar-refractivity contribution in [1.29, 1.82) is 0 Å². The molecule has 0 N–H and O–H groups in total. The predicted octanol–water partition coefficient (Wildman–Crippen LogP) is 1.73. The summed E-state index contributed by atoms with van der Waals surface area (Å²) >= 11 is 3.12. The van der Waals surface area contributed by atoms with Crippen molar-refractivity contribution in [3.05, 3.63) is 12.3 Å². The smallest absolute Gasteiger partial charge is 0.196 e. The number of hydrogen-bond acceptors (Lipinski definition) is 2. The second-order valence-electron chi connectivity index (χ2n) is 1.46. The molecule has 1 aliphatic rings. The lowest BCUT2D eigenvalue weighted by Crippen LogP contribution is -1.91. The molecule has 0 saturated carbocycles. The second kappa shape index (κ2) is 2.22. The minimum absolute atomic E-state index is 0.619. The van der Waals surface area contributed by atoms with Gasteiger partial charge >= 0.3 is 0 Å². The topological polar surface area (TPSA) is 24.7 Å². The molecule has 1 heterocycles. The summed E-state index contributed by atoms with van der Waals surface area (Å²) in [4.78, 5) is 7.78. The van der Waals surface area contributed by atoms with Gasteiger partial charge in [0.2, 0.25) is 0 Å². The molecule has 0 radical (unpaired) electrons. The minimum Gasteiger partial charge on any atom is -0.235 e. The van der Waals surface area contributed by atoms with E-state index in [1.54, 1.807) is 6.21 Å². The van der Waals surface area contributed by atoms with E-state index in [1.807, 2.05) is 0 Å². The van der Waals surface area contributed by atoms with E-state index in [0.717, 1.165) is 12.1 Å². The van der Waals surface area contributed by atoms with E-state index < -0.39 is 0 Å². The Balaban J connectivity index is 2.77. The van der Waals surface area contributed by atoms with Crippen LogP contribution in [0, 0.1) is 0 Å². The Bertz CT molecular complexity index is 169. The summed E-state index contributed by atoms with van der Waals surface area (Å²) in [7, 11) is 0. The summed E-state index contributed by atoms with van der Waals surface area (Å²) in [5.74, 6) is 0. The maximum atomic E-state index is 3.92. The van der Waals surface area contributed by atoms with E-state index in [4.69, 9.17) is 0 Å². The van der Waals surface area contributed by atoms with Gasteiger partial charge in [-0.3, -0.25) is 0 Å². The van der Waals surface area contributed by atoms with Crippen LogP contribution in [0.4, 0.5) is 0 Å². The van der Waals surface area contributed by atoms with Crippen LogP contribution in [0.2, 0.25) is 0 Å². The van der Waals surface area contributed by atoms with Crippen molar-refractivity contribution in [2.75, 3.05) is 0 Å². The lowest BCUT2D eigenvalue weighted by atomic mass is 10.4. The molecule has 0 unspecified atom stereocenters. The average molecular weight is 173 g/mol. The van der Waals surface area contributed by atoms with Crippen molar-refractivity contribution in [2.24, 2.45) is 9.98 Å². The fourth-order valence-corrected chi connectivity index (χ4v) is 0.827. The normalized spacial score (nSPS) is 18.6. The van der Waals surface area contributed by atoms with Crippen LogP contribution in [0.1, 0.15) is 6.42 Å². The maximum absolute atomic E-state index is 3.92. The van der Waals surface area contributed by atoms with Crippen LogP contribution >= 0.6 is 15.9 Å². The van der Waals surface area contributed by atoms with Crippen molar-refractivity contribution < 1.29 is 0 Å². The second-order valence-corrected chi connectivity index (χ2v) is 2.17. The summed E-state index contributed by atoms with van der Waals surface area (Å²) in [5.41, 5.74) is 0.854. The maximum Gasteiger partial charge on any atom is 0.196 e. The van der Waals surface area contributed by atoms with Crippen LogP contribution in [-0.4, -0.2) is 11.0 Å². The summed E-state index contributed by atoms with van der Waals surface area (Å²) in [6.07, 6.45) is 2.55. The molecule has 8 heavy (non-hydrogen) atoms. The zero-order chi connectivity index (χ0) is 5.98. The largest absolute Gasteiger partial charge is 0.235 e. The molecule has 0 aromatic rings. The number of aliphatic imine (C=N–C) groups is 2. The molecule has 0 saturated heterocycles. The van der Waals surface area contributed by atoms with Crippen LogP contribution in [0.5, 0.6) is 0 Å². The van der Waals surface area contributed by atoms with Crippen molar-refractivity contribution in [1.82, 2.24) is 0 Å². The van der Waals surface area contributed by atoms with Crippen LogP contribution in [0.15, 0.2) is 22.3 Å². The van der Waals surface area contributed by atoms with E-state index in [1.165, 1.54) is 0 Å². The Morgan fingerprint density at radius 2 is 2.50 bits per heavy atom. The first-order chi connectivity index (χ1) is 3.79. The van der Waals surface area contributed by atoms with E-state index in [0.29, 0.717) is 4.74 Å². The molecule has 0 atom stereocenters. The molecule has 0 bridgehead atoms. The van der Waals surface area contributed by atoms with Gasteiger partial charge in [0.05, 0.1) is 0 Å². The molecular weight excluding hydrogens is 168 g/mol. The van der Waals surface area contributed by atoms with Crippen LogP contribution in [-0.2, 0) is 0 Å². The van der Waals surface area contributed by atoms with E-state index in [9.17, 15) is 0 Å². The molecule has 1 rings (SSSR count). The highest BCUT2D eigenvalue weighted by Gasteiger charge is 1.96. The Kier molecular flexibility index (Phi) is 1.58. The quantitative estimate of drug-likeness (QED) is 0.498. The van der Waals surface area contributed by atoms with Crippen LogP contribution in [0.25, 0.3) is 0 Å². The van der Waals surface area contributed by atoms with Gasteiger partial charge in [-0.1, -0.05) is 6.58 Å². The van der Waals surface area contributed by atoms with Crippen molar-refractivity contribution in [3.8, 4) is 0 Å². The molecule has 0 fully saturated rings. The summed E-state index contributed by atoms with van der Waals surface area (Å²) in [6, 6.07) is 0. The molecule has 1 aliphatic heterocycles. The van der Waals surface area contributed by atoms with E-state index in [2.05, 4.69) is 32.5 Å². The molecule has 0 aromatic carbocycles. The zero-order valence-corrected chi connectivity index (χ0v) is 5.85. The first-order valence-electron chi connectivity index (χ1n) is 2.23. The molecule has 42 valence electrons. The number of nitrogens with zero attached hydrogens (tertiary/aromatic N) is 2. The molecule has 2 nitrogen and oxygen atoms in total. The van der Waals surface area contributed by atoms with Crippen LogP contribution in [0.3, 0.4) is 0 Å². The van der Waals surface area contributed by atoms with Crippen molar-refractivity contribution in [3.63, 3.8) is 0 Å². The Morgan fingerprint density at radius 1 is 1.75 bits per heavy atom. The Morgan fingerprint density at radius 3 is 2.88 bits per heavy atom. The highest BCUT2D eigenvalue weighted by atomic mass is 79.9. The number of amidine groups is 1. The predicted molar refractivity (Wildman–Crippen MR) is 38.6 cm³/mol. The van der Waals surface area contributed by atoms with Gasteiger partial charge in [0, 0.05) is 18.3 Å². The number of hydrogen-bond donors (Lipinski definition) is 0. The number of halogens is 1.